The van der Waals surface area contributed by atoms with Crippen molar-refractivity contribution >= 4 is 64.8 Å². The van der Waals surface area contributed by atoms with Gasteiger partial charge >= 0.3 is 6.18 Å². The molecule has 1 N–H and O–H groups in total. The van der Waals surface area contributed by atoms with Gasteiger partial charge in [-0.15, -0.1) is 11.3 Å². The minimum absolute atomic E-state index is 0.0428. The van der Waals surface area contributed by atoms with Crippen LogP contribution >= 0.6 is 54.8 Å². The second kappa shape index (κ2) is 7.01. The summed E-state index contributed by atoms with van der Waals surface area (Å²) in [6, 6.07) is 4.65. The van der Waals surface area contributed by atoms with Crippen LogP contribution < -0.4 is 4.72 Å². The fourth-order valence-corrected chi connectivity index (χ4v) is 5.71. The van der Waals surface area contributed by atoms with E-state index in [1.165, 1.54) is 12.1 Å². The molecule has 0 aliphatic heterocycles. The highest BCUT2D eigenvalue weighted by Crippen LogP contribution is 2.36. The number of benzene rings is 1. The number of alkyl halides is 3. The van der Waals surface area contributed by atoms with Crippen LogP contribution in [0.15, 0.2) is 36.7 Å². The predicted octanol–water partition coefficient (Wildman–Crippen LogP) is 5.42. The van der Waals surface area contributed by atoms with E-state index in [-0.39, 0.29) is 16.3 Å². The third kappa shape index (κ3) is 4.70. The molecule has 1 aromatic heterocycles. The lowest BCUT2D eigenvalue weighted by atomic mass is 10.1. The summed E-state index contributed by atoms with van der Waals surface area (Å²) in [5.74, 6) is 0. The van der Waals surface area contributed by atoms with Crippen LogP contribution in [0.2, 0.25) is 5.02 Å². The Morgan fingerprint density at radius 2 is 1.87 bits per heavy atom. The van der Waals surface area contributed by atoms with Crippen molar-refractivity contribution in [1.29, 1.82) is 0 Å². The molecule has 0 spiro atoms. The van der Waals surface area contributed by atoms with E-state index in [9.17, 15) is 21.6 Å². The van der Waals surface area contributed by atoms with E-state index in [2.05, 4.69) is 36.6 Å². The number of sulfonamides is 1. The monoisotopic (exact) mass is 511 g/mol. The molecule has 0 unspecified atom stereocenters. The second-order valence-electron chi connectivity index (χ2n) is 4.32. The molecule has 0 radical (unpaired) electrons. The third-order valence-electron chi connectivity index (χ3n) is 2.69. The maximum atomic E-state index is 12.8. The van der Waals surface area contributed by atoms with Crippen molar-refractivity contribution in [1.82, 2.24) is 4.72 Å². The molecule has 11 heteroatoms. The molecule has 126 valence electrons. The second-order valence-corrected chi connectivity index (χ2v) is 9.95. The van der Waals surface area contributed by atoms with Gasteiger partial charge in [-0.3, -0.25) is 0 Å². The number of hydrogen-bond donors (Lipinski definition) is 1. The highest BCUT2D eigenvalue weighted by Gasteiger charge is 2.33. The average molecular weight is 514 g/mol. The number of thiophene rings is 1. The Morgan fingerprint density at radius 3 is 2.39 bits per heavy atom. The Bertz CT molecular complexity index is 818. The number of hydrogen-bond acceptors (Lipinski definition) is 3. The normalized spacial score (nSPS) is 12.6. The van der Waals surface area contributed by atoms with Gasteiger partial charge in [-0.2, -0.15) is 13.2 Å². The Morgan fingerprint density at radius 1 is 1.22 bits per heavy atom. The van der Waals surface area contributed by atoms with Crippen LogP contribution in [-0.2, 0) is 22.7 Å². The van der Waals surface area contributed by atoms with E-state index in [0.29, 0.717) is 8.26 Å². The predicted molar refractivity (Wildman–Crippen MR) is 90.2 cm³/mol. The summed E-state index contributed by atoms with van der Waals surface area (Å²) in [4.78, 5) is 0. The van der Waals surface area contributed by atoms with E-state index in [1.807, 2.05) is 0 Å². The van der Waals surface area contributed by atoms with E-state index in [0.717, 1.165) is 23.5 Å². The Labute approximate surface area is 156 Å². The molecule has 0 saturated carbocycles. The van der Waals surface area contributed by atoms with Gasteiger partial charge < -0.3 is 0 Å². The first-order chi connectivity index (χ1) is 10.5. The van der Waals surface area contributed by atoms with E-state index in [1.54, 1.807) is 0 Å². The molecule has 2 rings (SSSR count). The van der Waals surface area contributed by atoms with Crippen LogP contribution in [0.5, 0.6) is 0 Å². The van der Waals surface area contributed by atoms with Crippen LogP contribution in [0.4, 0.5) is 13.2 Å². The van der Waals surface area contributed by atoms with Crippen molar-refractivity contribution in [3.05, 3.63) is 48.7 Å². The maximum Gasteiger partial charge on any atom is 0.417 e. The van der Waals surface area contributed by atoms with Crippen molar-refractivity contribution in [2.75, 3.05) is 0 Å². The minimum Gasteiger partial charge on any atom is -0.206 e. The van der Waals surface area contributed by atoms with Crippen LogP contribution in [0, 0.1) is 0 Å². The quantitative estimate of drug-likeness (QED) is 0.593. The van der Waals surface area contributed by atoms with Gasteiger partial charge in [0, 0.05) is 11.0 Å². The largest absolute Gasteiger partial charge is 0.417 e. The van der Waals surface area contributed by atoms with Gasteiger partial charge in [0.05, 0.1) is 14.4 Å². The van der Waals surface area contributed by atoms with Crippen LogP contribution in [0.3, 0.4) is 0 Å². The zero-order chi connectivity index (χ0) is 17.4. The molecule has 0 aliphatic carbocycles. The Hall–Kier alpha value is -0.130. The fraction of sp³-hybridized carbons (Fsp3) is 0.167. The molecule has 3 nitrogen and oxygen atoms in total. The molecular weight excluding hydrogens is 507 g/mol. The van der Waals surface area contributed by atoms with Gasteiger partial charge in [0.2, 0.25) is 10.0 Å². The van der Waals surface area contributed by atoms with Gasteiger partial charge in [-0.1, -0.05) is 17.7 Å². The number of nitrogens with one attached hydrogen (secondary N) is 1. The molecule has 1 heterocycles. The first kappa shape index (κ1) is 19.2. The first-order valence-corrected chi connectivity index (χ1v) is 10.1. The smallest absolute Gasteiger partial charge is 0.206 e. The van der Waals surface area contributed by atoms with E-state index >= 15 is 0 Å². The summed E-state index contributed by atoms with van der Waals surface area (Å²) in [5.41, 5.74) is -0.850. The highest BCUT2D eigenvalue weighted by molar-refractivity contribution is 9.13. The first-order valence-electron chi connectivity index (χ1n) is 5.81. The van der Waals surface area contributed by atoms with Gasteiger partial charge in [-0.25, -0.2) is 13.1 Å². The fourth-order valence-electron chi connectivity index (χ4n) is 1.61. The molecule has 0 atom stereocenters. The summed E-state index contributed by atoms with van der Waals surface area (Å²) < 4.78 is 66.1. The van der Waals surface area contributed by atoms with Gasteiger partial charge in [-0.05, 0) is 55.6 Å². The number of halogens is 6. The van der Waals surface area contributed by atoms with Gasteiger partial charge in [0.15, 0.2) is 0 Å². The van der Waals surface area contributed by atoms with Crippen LogP contribution in [-0.4, -0.2) is 8.42 Å². The van der Waals surface area contributed by atoms with E-state index < -0.39 is 26.8 Å². The lowest BCUT2D eigenvalue weighted by Crippen LogP contribution is -2.22. The topological polar surface area (TPSA) is 46.2 Å². The summed E-state index contributed by atoms with van der Waals surface area (Å²) >= 11 is 12.9. The van der Waals surface area contributed by atoms with E-state index in [4.69, 9.17) is 11.6 Å². The Balaban J connectivity index is 2.21. The SMILES string of the molecule is O=S(=O)(NCc1ccc(Cl)c(C(F)(F)F)c1)c1cc(Br)c(Br)s1. The summed E-state index contributed by atoms with van der Waals surface area (Å²) in [6.45, 7) is -0.282. The van der Waals surface area contributed by atoms with Crippen molar-refractivity contribution < 1.29 is 21.6 Å². The maximum absolute atomic E-state index is 12.8. The zero-order valence-electron chi connectivity index (χ0n) is 10.9. The highest BCUT2D eigenvalue weighted by atomic mass is 79.9. The molecule has 1 aromatic carbocycles. The third-order valence-corrected chi connectivity index (χ3v) is 8.15. The molecule has 0 amide bonds. The molecule has 2 aromatic rings. The van der Waals surface area contributed by atoms with Gasteiger partial charge in [0.1, 0.15) is 4.21 Å². The lowest BCUT2D eigenvalue weighted by Gasteiger charge is -2.11. The molecule has 0 fully saturated rings. The zero-order valence-corrected chi connectivity index (χ0v) is 16.5. The van der Waals surface area contributed by atoms with Crippen molar-refractivity contribution in [2.24, 2.45) is 0 Å². The Kier molecular flexibility index (Phi) is 5.85. The summed E-state index contributed by atoms with van der Waals surface area (Å²) in [5, 5.41) is -0.435. The van der Waals surface area contributed by atoms with Crippen molar-refractivity contribution in [3.63, 3.8) is 0 Å². The van der Waals surface area contributed by atoms with Gasteiger partial charge in [0.25, 0.3) is 0 Å². The molecule has 0 saturated heterocycles. The number of rotatable bonds is 4. The summed E-state index contributed by atoms with van der Waals surface area (Å²) in [7, 11) is -3.82. The summed E-state index contributed by atoms with van der Waals surface area (Å²) in [6.07, 6.45) is -4.60. The average Bonchev–Trinajstić information content (AvgIpc) is 2.77. The van der Waals surface area contributed by atoms with Crippen LogP contribution in [0.25, 0.3) is 0 Å². The standard InChI is InChI=1S/C12H7Br2ClF3NO2S2/c13-8-4-10(22-11(8)14)23(20,21)19-5-6-1-2-9(15)7(3-6)12(16,17)18/h1-4,19H,5H2. The molecule has 0 aliphatic rings. The molecule has 23 heavy (non-hydrogen) atoms. The van der Waals surface area contributed by atoms with Crippen LogP contribution in [0.1, 0.15) is 11.1 Å². The van der Waals surface area contributed by atoms with Crippen molar-refractivity contribution in [3.8, 4) is 0 Å². The molecular formula is C12H7Br2ClF3NO2S2. The minimum atomic E-state index is -4.60. The lowest BCUT2D eigenvalue weighted by molar-refractivity contribution is -0.137. The van der Waals surface area contributed by atoms with Crippen molar-refractivity contribution in [2.45, 2.75) is 16.9 Å². The molecule has 0 bridgehead atoms.